The summed E-state index contributed by atoms with van der Waals surface area (Å²) in [6.45, 7) is 2.44. The minimum Gasteiger partial charge on any atom is -0.494 e. The maximum atomic E-state index is 10.5. The van der Waals surface area contributed by atoms with Gasteiger partial charge >= 0.3 is 0 Å². The Balaban J connectivity index is 2.73. The van der Waals surface area contributed by atoms with Crippen molar-refractivity contribution in [2.24, 2.45) is 0 Å². The van der Waals surface area contributed by atoms with Gasteiger partial charge in [-0.25, -0.2) is 0 Å². The second-order valence-electron chi connectivity index (χ2n) is 4.03. The molecule has 18 heavy (non-hydrogen) atoms. The van der Waals surface area contributed by atoms with Gasteiger partial charge in [0.25, 0.3) is 0 Å². The Bertz CT molecular complexity index is 388. The van der Waals surface area contributed by atoms with Gasteiger partial charge in [0.15, 0.2) is 0 Å². The number of carbonyl (C=O) groups excluding carboxylic acids is 1. The van der Waals surface area contributed by atoms with E-state index in [-0.39, 0.29) is 18.9 Å². The molecule has 0 fully saturated rings. The summed E-state index contributed by atoms with van der Waals surface area (Å²) in [6, 6.07) is 7.12. The first kappa shape index (κ1) is 14.2. The Morgan fingerprint density at radius 3 is 2.56 bits per heavy atom. The second kappa shape index (κ2) is 7.42. The molecule has 0 saturated carbocycles. The molecular weight excluding hydrogens is 234 g/mol. The first-order chi connectivity index (χ1) is 8.67. The van der Waals surface area contributed by atoms with Gasteiger partial charge in [-0.1, -0.05) is 19.1 Å². The van der Waals surface area contributed by atoms with Crippen LogP contribution in [-0.2, 0) is 4.79 Å². The molecule has 1 aromatic carbocycles. The standard InChI is InChI=1S/C13H17NO4/c1-2-9-18-13-5-3-11(4-6-13)12(7-8-15)10-14(16)17/h3-6,8,12H,2,7,9-10H2,1H3. The average molecular weight is 251 g/mol. The highest BCUT2D eigenvalue weighted by Crippen LogP contribution is 2.22. The monoisotopic (exact) mass is 251 g/mol. The lowest BCUT2D eigenvalue weighted by Crippen LogP contribution is -2.13. The van der Waals surface area contributed by atoms with Crippen molar-refractivity contribution in [3.8, 4) is 5.75 Å². The van der Waals surface area contributed by atoms with E-state index in [0.29, 0.717) is 6.61 Å². The van der Waals surface area contributed by atoms with Gasteiger partial charge < -0.3 is 9.53 Å². The molecule has 0 bridgehead atoms. The molecule has 0 spiro atoms. The number of rotatable bonds is 8. The molecule has 0 aliphatic rings. The minimum absolute atomic E-state index is 0.163. The summed E-state index contributed by atoms with van der Waals surface area (Å²) < 4.78 is 5.43. The molecule has 0 heterocycles. The lowest BCUT2D eigenvalue weighted by atomic mass is 9.96. The van der Waals surface area contributed by atoms with E-state index in [1.54, 1.807) is 24.3 Å². The van der Waals surface area contributed by atoms with E-state index in [0.717, 1.165) is 24.0 Å². The highest BCUT2D eigenvalue weighted by Gasteiger charge is 2.17. The summed E-state index contributed by atoms with van der Waals surface area (Å²) in [5.74, 6) is 0.379. The van der Waals surface area contributed by atoms with E-state index in [2.05, 4.69) is 0 Å². The van der Waals surface area contributed by atoms with Gasteiger partial charge in [0.05, 0.1) is 12.5 Å². The third-order valence-electron chi connectivity index (χ3n) is 2.57. The van der Waals surface area contributed by atoms with Crippen LogP contribution >= 0.6 is 0 Å². The number of nitro groups is 1. The average Bonchev–Trinajstić information content (AvgIpc) is 2.36. The van der Waals surface area contributed by atoms with Crippen molar-refractivity contribution < 1.29 is 14.5 Å². The third kappa shape index (κ3) is 4.53. The Kier molecular flexibility index (Phi) is 5.84. The van der Waals surface area contributed by atoms with Crippen LogP contribution in [0.15, 0.2) is 24.3 Å². The Morgan fingerprint density at radius 2 is 2.06 bits per heavy atom. The molecule has 5 heteroatoms. The van der Waals surface area contributed by atoms with Crippen molar-refractivity contribution in [3.63, 3.8) is 0 Å². The fraction of sp³-hybridized carbons (Fsp3) is 0.462. The van der Waals surface area contributed by atoms with E-state index < -0.39 is 4.92 Å². The van der Waals surface area contributed by atoms with Gasteiger partial charge in [-0.05, 0) is 24.1 Å². The SMILES string of the molecule is CCCOc1ccc(C(CC=O)C[N+](=O)[O-])cc1. The Labute approximate surface area is 106 Å². The molecule has 0 N–H and O–H groups in total. The number of ether oxygens (including phenoxy) is 1. The lowest BCUT2D eigenvalue weighted by Gasteiger charge is -2.11. The maximum Gasteiger partial charge on any atom is 0.211 e. The van der Waals surface area contributed by atoms with Crippen LogP contribution in [-0.4, -0.2) is 24.4 Å². The highest BCUT2D eigenvalue weighted by molar-refractivity contribution is 5.51. The van der Waals surface area contributed by atoms with Crippen molar-refractivity contribution in [1.82, 2.24) is 0 Å². The number of benzene rings is 1. The van der Waals surface area contributed by atoms with Crippen LogP contribution in [0.5, 0.6) is 5.75 Å². The maximum absolute atomic E-state index is 10.5. The van der Waals surface area contributed by atoms with Gasteiger partial charge in [-0.15, -0.1) is 0 Å². The van der Waals surface area contributed by atoms with Crippen LogP contribution in [0.4, 0.5) is 0 Å². The summed E-state index contributed by atoms with van der Waals surface area (Å²) in [4.78, 5) is 20.7. The molecule has 1 aromatic rings. The number of hydrogen-bond donors (Lipinski definition) is 0. The number of carbonyl (C=O) groups is 1. The van der Waals surface area contributed by atoms with E-state index in [1.165, 1.54) is 0 Å². The van der Waals surface area contributed by atoms with Crippen LogP contribution in [0.1, 0.15) is 31.2 Å². The van der Waals surface area contributed by atoms with E-state index in [9.17, 15) is 14.9 Å². The van der Waals surface area contributed by atoms with Crippen molar-refractivity contribution >= 4 is 6.29 Å². The van der Waals surface area contributed by atoms with E-state index in [4.69, 9.17) is 4.74 Å². The predicted octanol–water partition coefficient (Wildman–Crippen LogP) is 2.42. The molecule has 1 unspecified atom stereocenters. The van der Waals surface area contributed by atoms with Gasteiger partial charge in [0.2, 0.25) is 6.54 Å². The smallest absolute Gasteiger partial charge is 0.211 e. The zero-order chi connectivity index (χ0) is 13.4. The third-order valence-corrected chi connectivity index (χ3v) is 2.57. The van der Waals surface area contributed by atoms with Crippen molar-refractivity contribution in [2.45, 2.75) is 25.7 Å². The fourth-order valence-corrected chi connectivity index (χ4v) is 1.67. The summed E-state index contributed by atoms with van der Waals surface area (Å²) in [7, 11) is 0. The zero-order valence-corrected chi connectivity index (χ0v) is 10.4. The minimum atomic E-state index is -0.393. The molecule has 0 aromatic heterocycles. The molecule has 1 atom stereocenters. The fourth-order valence-electron chi connectivity index (χ4n) is 1.67. The molecule has 0 radical (unpaired) electrons. The number of nitrogens with zero attached hydrogens (tertiary/aromatic N) is 1. The summed E-state index contributed by atoms with van der Waals surface area (Å²) in [5.41, 5.74) is 0.794. The van der Waals surface area contributed by atoms with Crippen LogP contribution < -0.4 is 4.74 Å². The van der Waals surface area contributed by atoms with E-state index >= 15 is 0 Å². The molecule has 0 aliphatic heterocycles. The van der Waals surface area contributed by atoms with Crippen molar-refractivity contribution in [2.75, 3.05) is 13.2 Å². The van der Waals surface area contributed by atoms with Crippen LogP contribution in [0.3, 0.4) is 0 Å². The van der Waals surface area contributed by atoms with E-state index in [1.807, 2.05) is 6.92 Å². The molecule has 1 rings (SSSR count). The molecule has 0 saturated heterocycles. The van der Waals surface area contributed by atoms with Gasteiger partial charge in [0.1, 0.15) is 12.0 Å². The lowest BCUT2D eigenvalue weighted by molar-refractivity contribution is -0.483. The van der Waals surface area contributed by atoms with Gasteiger partial charge in [0, 0.05) is 11.3 Å². The van der Waals surface area contributed by atoms with Crippen molar-refractivity contribution in [3.05, 3.63) is 39.9 Å². The number of aldehydes is 1. The first-order valence-corrected chi connectivity index (χ1v) is 5.95. The molecule has 0 aliphatic carbocycles. The van der Waals surface area contributed by atoms with Crippen LogP contribution in [0.25, 0.3) is 0 Å². The quantitative estimate of drug-likeness (QED) is 0.404. The molecule has 0 amide bonds. The number of hydrogen-bond acceptors (Lipinski definition) is 4. The summed E-state index contributed by atoms with van der Waals surface area (Å²) in [5, 5.41) is 10.5. The summed E-state index contributed by atoms with van der Waals surface area (Å²) >= 11 is 0. The largest absolute Gasteiger partial charge is 0.494 e. The molecule has 98 valence electrons. The second-order valence-corrected chi connectivity index (χ2v) is 4.03. The zero-order valence-electron chi connectivity index (χ0n) is 10.4. The predicted molar refractivity (Wildman–Crippen MR) is 67.5 cm³/mol. The Morgan fingerprint density at radius 1 is 1.39 bits per heavy atom. The van der Waals surface area contributed by atoms with Crippen LogP contribution in [0, 0.1) is 10.1 Å². The van der Waals surface area contributed by atoms with Gasteiger partial charge in [-0.3, -0.25) is 10.1 Å². The van der Waals surface area contributed by atoms with Gasteiger partial charge in [-0.2, -0.15) is 0 Å². The topological polar surface area (TPSA) is 69.4 Å². The highest BCUT2D eigenvalue weighted by atomic mass is 16.6. The first-order valence-electron chi connectivity index (χ1n) is 5.95. The Hall–Kier alpha value is -1.91. The normalized spacial score (nSPS) is 11.8. The molecular formula is C13H17NO4. The van der Waals surface area contributed by atoms with Crippen LogP contribution in [0.2, 0.25) is 0 Å². The summed E-state index contributed by atoms with van der Waals surface area (Å²) in [6.07, 6.45) is 1.81. The van der Waals surface area contributed by atoms with Crippen molar-refractivity contribution in [1.29, 1.82) is 0 Å². The molecule has 5 nitrogen and oxygen atoms in total.